The first-order valence-electron chi connectivity index (χ1n) is 5.58. The Bertz CT molecular complexity index is 470. The summed E-state index contributed by atoms with van der Waals surface area (Å²) in [4.78, 5) is 19.8. The molecular weight excluding hydrogens is 260 g/mol. The van der Waals surface area contributed by atoms with Crippen molar-refractivity contribution in [1.29, 1.82) is 0 Å². The number of aliphatic hydroxyl groups is 1. The first-order chi connectivity index (χ1) is 8.56. The lowest BCUT2D eigenvalue weighted by molar-refractivity contribution is -0.384. The fourth-order valence-corrected chi connectivity index (χ4v) is 2.46. The van der Waals surface area contributed by atoms with Gasteiger partial charge < -0.3 is 10.0 Å². The van der Waals surface area contributed by atoms with E-state index in [1.54, 1.807) is 4.90 Å². The number of nitrogens with zero attached hydrogens (tertiary/aromatic N) is 4. The molecule has 2 unspecified atom stereocenters. The summed E-state index contributed by atoms with van der Waals surface area (Å²) in [6.45, 7) is 2.54. The molecule has 0 spiro atoms. The fourth-order valence-electron chi connectivity index (χ4n) is 2.27. The number of nitro groups is 1. The van der Waals surface area contributed by atoms with Crippen LogP contribution in [0.4, 0.5) is 11.5 Å². The number of aliphatic hydroxyl groups excluding tert-OH is 1. The van der Waals surface area contributed by atoms with Crippen LogP contribution in [0.25, 0.3) is 0 Å². The van der Waals surface area contributed by atoms with Crippen LogP contribution in [-0.2, 0) is 0 Å². The van der Waals surface area contributed by atoms with Gasteiger partial charge in [0.1, 0.15) is 6.33 Å². The molecule has 1 aliphatic rings. The summed E-state index contributed by atoms with van der Waals surface area (Å²) in [5.74, 6) is 0.437. The van der Waals surface area contributed by atoms with E-state index in [2.05, 4.69) is 9.97 Å². The molecule has 0 bridgehead atoms. The fraction of sp³-hybridized carbons (Fsp3) is 0.600. The smallest absolute Gasteiger partial charge is 0.348 e. The highest BCUT2D eigenvalue weighted by Gasteiger charge is 2.36. The Labute approximate surface area is 109 Å². The van der Waals surface area contributed by atoms with Crippen molar-refractivity contribution in [3.63, 3.8) is 0 Å². The van der Waals surface area contributed by atoms with Crippen molar-refractivity contribution >= 4 is 23.1 Å². The highest BCUT2D eigenvalue weighted by Crippen LogP contribution is 2.36. The van der Waals surface area contributed by atoms with Gasteiger partial charge in [-0.1, -0.05) is 18.5 Å². The van der Waals surface area contributed by atoms with Crippen molar-refractivity contribution in [3.05, 3.63) is 21.6 Å². The van der Waals surface area contributed by atoms with Crippen LogP contribution in [-0.4, -0.2) is 39.2 Å². The van der Waals surface area contributed by atoms with Crippen LogP contribution in [0.5, 0.6) is 0 Å². The zero-order valence-electron chi connectivity index (χ0n) is 9.78. The summed E-state index contributed by atoms with van der Waals surface area (Å²) in [6, 6.07) is -0.172. The highest BCUT2D eigenvalue weighted by molar-refractivity contribution is 6.31. The van der Waals surface area contributed by atoms with E-state index in [0.29, 0.717) is 6.54 Å². The van der Waals surface area contributed by atoms with Gasteiger partial charge in [-0.25, -0.2) is 9.97 Å². The van der Waals surface area contributed by atoms with E-state index in [4.69, 9.17) is 11.6 Å². The maximum Gasteiger partial charge on any atom is 0.348 e. The minimum absolute atomic E-state index is 0.0695. The molecule has 1 saturated heterocycles. The molecule has 1 N–H and O–H groups in total. The molecule has 1 fully saturated rings. The van der Waals surface area contributed by atoms with Gasteiger partial charge in [0.15, 0.2) is 0 Å². The summed E-state index contributed by atoms with van der Waals surface area (Å²) in [5, 5.41) is 20.2. The Balaban J connectivity index is 2.45. The molecule has 2 atom stereocenters. The van der Waals surface area contributed by atoms with Crippen molar-refractivity contribution in [2.75, 3.05) is 18.1 Å². The second-order valence-electron chi connectivity index (χ2n) is 4.30. The van der Waals surface area contributed by atoms with Gasteiger partial charge in [0, 0.05) is 6.54 Å². The van der Waals surface area contributed by atoms with Crippen LogP contribution in [0.3, 0.4) is 0 Å². The minimum atomic E-state index is -0.588. The molecule has 0 radical (unpaired) electrons. The van der Waals surface area contributed by atoms with Crippen LogP contribution in [0.1, 0.15) is 13.3 Å². The molecule has 0 aliphatic carbocycles. The lowest BCUT2D eigenvalue weighted by Gasteiger charge is -2.25. The van der Waals surface area contributed by atoms with Gasteiger partial charge in [0.25, 0.3) is 0 Å². The molecule has 0 saturated carbocycles. The van der Waals surface area contributed by atoms with Crippen molar-refractivity contribution in [2.45, 2.75) is 19.4 Å². The second-order valence-corrected chi connectivity index (χ2v) is 4.66. The van der Waals surface area contributed by atoms with Crippen LogP contribution < -0.4 is 4.90 Å². The number of hydrogen-bond donors (Lipinski definition) is 1. The molecule has 1 aromatic heterocycles. The van der Waals surface area contributed by atoms with Gasteiger partial charge in [-0.2, -0.15) is 0 Å². The molecule has 2 heterocycles. The minimum Gasteiger partial charge on any atom is -0.394 e. The van der Waals surface area contributed by atoms with E-state index < -0.39 is 4.92 Å². The largest absolute Gasteiger partial charge is 0.394 e. The van der Waals surface area contributed by atoms with Crippen LogP contribution in [0.2, 0.25) is 5.15 Å². The topological polar surface area (TPSA) is 92.4 Å². The number of anilines is 1. The summed E-state index contributed by atoms with van der Waals surface area (Å²) >= 11 is 5.75. The molecule has 1 aliphatic heterocycles. The van der Waals surface area contributed by atoms with E-state index >= 15 is 0 Å². The van der Waals surface area contributed by atoms with Crippen molar-refractivity contribution in [3.8, 4) is 0 Å². The first kappa shape index (κ1) is 13.0. The summed E-state index contributed by atoms with van der Waals surface area (Å²) in [7, 11) is 0. The number of rotatable bonds is 3. The number of aromatic nitrogens is 2. The Kier molecular flexibility index (Phi) is 3.63. The van der Waals surface area contributed by atoms with E-state index in [-0.39, 0.29) is 35.2 Å². The molecule has 0 aromatic carbocycles. The van der Waals surface area contributed by atoms with E-state index in [1.807, 2.05) is 6.92 Å². The Morgan fingerprint density at radius 3 is 3.00 bits per heavy atom. The molecule has 7 nitrogen and oxygen atoms in total. The number of hydrogen-bond acceptors (Lipinski definition) is 6. The van der Waals surface area contributed by atoms with E-state index in [1.165, 1.54) is 6.33 Å². The number of halogens is 1. The summed E-state index contributed by atoms with van der Waals surface area (Å²) in [6.07, 6.45) is 2.05. The zero-order chi connectivity index (χ0) is 13.3. The van der Waals surface area contributed by atoms with Crippen LogP contribution >= 0.6 is 11.6 Å². The van der Waals surface area contributed by atoms with Crippen LogP contribution in [0.15, 0.2) is 6.33 Å². The van der Waals surface area contributed by atoms with Gasteiger partial charge >= 0.3 is 5.69 Å². The average Bonchev–Trinajstić information content (AvgIpc) is 2.69. The predicted molar refractivity (Wildman–Crippen MR) is 65.7 cm³/mol. The van der Waals surface area contributed by atoms with Gasteiger partial charge in [-0.15, -0.1) is 0 Å². The molecular formula is C10H13ClN4O3. The maximum atomic E-state index is 11.0. The molecule has 1 aromatic rings. The Hall–Kier alpha value is -1.47. The zero-order valence-corrected chi connectivity index (χ0v) is 10.5. The molecule has 18 heavy (non-hydrogen) atoms. The second kappa shape index (κ2) is 5.03. The predicted octanol–water partition coefficient (Wildman–Crippen LogP) is 1.25. The summed E-state index contributed by atoms with van der Waals surface area (Å²) in [5.41, 5.74) is -0.299. The monoisotopic (exact) mass is 272 g/mol. The third kappa shape index (κ3) is 2.11. The first-order valence-corrected chi connectivity index (χ1v) is 5.96. The van der Waals surface area contributed by atoms with Gasteiger partial charge in [-0.3, -0.25) is 10.1 Å². The third-order valence-corrected chi connectivity index (χ3v) is 3.56. The normalized spacial score (nSPS) is 23.4. The average molecular weight is 273 g/mol. The van der Waals surface area contributed by atoms with Crippen molar-refractivity contribution < 1.29 is 10.0 Å². The molecule has 2 rings (SSSR count). The lowest BCUT2D eigenvalue weighted by Crippen LogP contribution is -2.36. The molecule has 0 amide bonds. The lowest BCUT2D eigenvalue weighted by atomic mass is 10.0. The molecule has 8 heteroatoms. The standard InChI is InChI=1S/C10H13ClN4O3/c1-6-2-3-14(7(6)4-16)10-8(15(17)18)9(11)12-5-13-10/h5-7,16H,2-4H2,1H3. The van der Waals surface area contributed by atoms with Crippen molar-refractivity contribution in [1.82, 2.24) is 9.97 Å². The Morgan fingerprint density at radius 2 is 2.39 bits per heavy atom. The van der Waals surface area contributed by atoms with Gasteiger partial charge in [-0.05, 0) is 12.3 Å². The Morgan fingerprint density at radius 1 is 1.67 bits per heavy atom. The highest BCUT2D eigenvalue weighted by atomic mass is 35.5. The SMILES string of the molecule is CC1CCN(c2ncnc(Cl)c2[N+](=O)[O-])C1CO. The van der Waals surface area contributed by atoms with E-state index in [0.717, 1.165) is 6.42 Å². The quantitative estimate of drug-likeness (QED) is 0.506. The molecule has 98 valence electrons. The van der Waals surface area contributed by atoms with E-state index in [9.17, 15) is 15.2 Å². The summed E-state index contributed by atoms with van der Waals surface area (Å²) < 4.78 is 0. The van der Waals surface area contributed by atoms with Gasteiger partial charge in [0.2, 0.25) is 11.0 Å². The maximum absolute atomic E-state index is 11.0. The van der Waals surface area contributed by atoms with Gasteiger partial charge in [0.05, 0.1) is 17.6 Å². The van der Waals surface area contributed by atoms with Crippen LogP contribution in [0, 0.1) is 16.0 Å². The third-order valence-electron chi connectivity index (χ3n) is 3.28. The van der Waals surface area contributed by atoms with Crippen molar-refractivity contribution in [2.24, 2.45) is 5.92 Å².